The highest BCUT2D eigenvalue weighted by Crippen LogP contribution is 2.42. The highest BCUT2D eigenvalue weighted by molar-refractivity contribution is 6.00. The molecule has 1 aliphatic heterocycles. The number of carbonyl (C=O) groups excluding carboxylic acids is 1. The van der Waals surface area contributed by atoms with Crippen molar-refractivity contribution in [2.24, 2.45) is 0 Å². The molecule has 0 bridgehead atoms. The number of nitrogens with one attached hydrogen (secondary N) is 1. The number of rotatable bonds is 2. The number of Topliss-reactive ketones (excluding diaryl/α,β-unsaturated/α-hetero) is 1. The number of phenols is 1. The fraction of sp³-hybridized carbons (Fsp3) is 0.227. The molecule has 2 aliphatic rings. The molecule has 0 spiro atoms. The van der Waals surface area contributed by atoms with Gasteiger partial charge in [-0.3, -0.25) is 4.79 Å². The predicted octanol–water partition coefficient (Wildman–Crippen LogP) is 4.38. The quantitative estimate of drug-likeness (QED) is 0.858. The van der Waals surface area contributed by atoms with E-state index in [9.17, 15) is 9.90 Å². The molecule has 0 saturated heterocycles. The molecule has 2 N–H and O–H groups in total. The lowest BCUT2D eigenvalue weighted by molar-refractivity contribution is -0.116. The molecule has 2 atom stereocenters. The Labute approximate surface area is 147 Å². The number of aromatic hydroxyl groups is 1. The normalized spacial score (nSPS) is 22.9. The van der Waals surface area contributed by atoms with Crippen molar-refractivity contribution < 1.29 is 9.90 Å². The van der Waals surface area contributed by atoms with Gasteiger partial charge in [0, 0.05) is 29.3 Å². The Balaban J connectivity index is 1.73. The van der Waals surface area contributed by atoms with Gasteiger partial charge in [0.2, 0.25) is 0 Å². The highest BCUT2D eigenvalue weighted by atomic mass is 16.3. The minimum atomic E-state index is -0.0902. The molecule has 126 valence electrons. The first-order valence-electron chi connectivity index (χ1n) is 8.67. The number of allylic oxidation sites excluding steroid dienone is 4. The molecule has 2 aromatic rings. The standard InChI is InChI=1S/C22H21NO2/c1-14-10-19(16-8-5-9-18(24)11-16)22-20(23-14)12-17(13-21(22)25)15-6-3-2-4-7-15/h2-11,17,19,23-24H,12-13H2,1H3. The van der Waals surface area contributed by atoms with Crippen LogP contribution in [0.15, 0.2) is 77.6 Å². The topological polar surface area (TPSA) is 49.3 Å². The largest absolute Gasteiger partial charge is 0.508 e. The molecule has 0 radical (unpaired) electrons. The Morgan fingerprint density at radius 2 is 1.76 bits per heavy atom. The Hall–Kier alpha value is -2.81. The van der Waals surface area contributed by atoms with Crippen LogP contribution in [-0.4, -0.2) is 10.9 Å². The van der Waals surface area contributed by atoms with Gasteiger partial charge in [-0.1, -0.05) is 48.5 Å². The van der Waals surface area contributed by atoms with Gasteiger partial charge in [0.05, 0.1) is 0 Å². The second-order valence-corrected chi connectivity index (χ2v) is 6.88. The molecule has 2 aromatic carbocycles. The summed E-state index contributed by atoms with van der Waals surface area (Å²) in [5.41, 5.74) is 5.10. The SMILES string of the molecule is CC1=CC(c2cccc(O)c2)C2=C(CC(c3ccccc3)CC2=O)N1. The van der Waals surface area contributed by atoms with Crippen molar-refractivity contribution in [3.05, 3.63) is 88.8 Å². The van der Waals surface area contributed by atoms with Crippen LogP contribution in [0.2, 0.25) is 0 Å². The number of dihydropyridines is 1. The number of phenolic OH excluding ortho intramolecular Hbond substituents is 1. The number of hydrogen-bond acceptors (Lipinski definition) is 3. The molecule has 1 heterocycles. The van der Waals surface area contributed by atoms with Gasteiger partial charge in [0.25, 0.3) is 0 Å². The van der Waals surface area contributed by atoms with E-state index in [1.807, 2.05) is 37.3 Å². The van der Waals surface area contributed by atoms with E-state index >= 15 is 0 Å². The second kappa shape index (κ2) is 6.25. The fourth-order valence-corrected chi connectivity index (χ4v) is 3.97. The smallest absolute Gasteiger partial charge is 0.162 e. The average molecular weight is 331 g/mol. The summed E-state index contributed by atoms with van der Waals surface area (Å²) in [7, 11) is 0. The van der Waals surface area contributed by atoms with Crippen molar-refractivity contribution in [2.45, 2.75) is 31.6 Å². The molecule has 25 heavy (non-hydrogen) atoms. The van der Waals surface area contributed by atoms with E-state index in [4.69, 9.17) is 0 Å². The zero-order chi connectivity index (χ0) is 17.4. The van der Waals surface area contributed by atoms with Gasteiger partial charge >= 0.3 is 0 Å². The summed E-state index contributed by atoms with van der Waals surface area (Å²) in [6, 6.07) is 17.5. The van der Waals surface area contributed by atoms with Gasteiger partial charge in [0.15, 0.2) is 5.78 Å². The van der Waals surface area contributed by atoms with E-state index in [0.717, 1.165) is 29.0 Å². The van der Waals surface area contributed by atoms with E-state index in [1.54, 1.807) is 12.1 Å². The molecule has 0 aromatic heterocycles. The van der Waals surface area contributed by atoms with Crippen LogP contribution in [-0.2, 0) is 4.79 Å². The van der Waals surface area contributed by atoms with Crippen LogP contribution in [0.5, 0.6) is 5.75 Å². The van der Waals surface area contributed by atoms with Gasteiger partial charge in [-0.05, 0) is 42.5 Å². The summed E-state index contributed by atoms with van der Waals surface area (Å²) in [6.45, 7) is 2.02. The third-order valence-electron chi connectivity index (χ3n) is 5.08. The van der Waals surface area contributed by atoms with E-state index in [0.29, 0.717) is 6.42 Å². The maximum atomic E-state index is 13.0. The summed E-state index contributed by atoms with van der Waals surface area (Å²) in [5.74, 6) is 0.553. The van der Waals surface area contributed by atoms with Crippen molar-refractivity contribution in [2.75, 3.05) is 0 Å². The zero-order valence-corrected chi connectivity index (χ0v) is 14.2. The monoisotopic (exact) mass is 331 g/mol. The van der Waals surface area contributed by atoms with Crippen molar-refractivity contribution in [3.8, 4) is 5.75 Å². The lowest BCUT2D eigenvalue weighted by Gasteiger charge is -2.34. The van der Waals surface area contributed by atoms with Crippen LogP contribution >= 0.6 is 0 Å². The summed E-state index contributed by atoms with van der Waals surface area (Å²) in [5, 5.41) is 13.2. The van der Waals surface area contributed by atoms with E-state index in [2.05, 4.69) is 23.5 Å². The van der Waals surface area contributed by atoms with Crippen LogP contribution < -0.4 is 5.32 Å². The second-order valence-electron chi connectivity index (χ2n) is 6.88. The summed E-state index contributed by atoms with van der Waals surface area (Å²) < 4.78 is 0. The molecule has 0 amide bonds. The number of hydrogen-bond donors (Lipinski definition) is 2. The van der Waals surface area contributed by atoms with Gasteiger partial charge in [0.1, 0.15) is 5.75 Å². The molecule has 2 unspecified atom stereocenters. The maximum Gasteiger partial charge on any atom is 0.162 e. The first kappa shape index (κ1) is 15.7. The lowest BCUT2D eigenvalue weighted by Crippen LogP contribution is -2.31. The Morgan fingerprint density at radius 1 is 1.00 bits per heavy atom. The van der Waals surface area contributed by atoms with Gasteiger partial charge in [-0.15, -0.1) is 0 Å². The zero-order valence-electron chi connectivity index (χ0n) is 14.2. The van der Waals surface area contributed by atoms with Gasteiger partial charge < -0.3 is 10.4 Å². The lowest BCUT2D eigenvalue weighted by atomic mass is 9.74. The summed E-state index contributed by atoms with van der Waals surface area (Å²) in [6.07, 6.45) is 3.45. The van der Waals surface area contributed by atoms with E-state index in [-0.39, 0.29) is 23.4 Å². The summed E-state index contributed by atoms with van der Waals surface area (Å²) in [4.78, 5) is 13.0. The van der Waals surface area contributed by atoms with Crippen LogP contribution in [0, 0.1) is 0 Å². The number of ketones is 1. The Kier molecular flexibility index (Phi) is 3.92. The van der Waals surface area contributed by atoms with Gasteiger partial charge in [-0.2, -0.15) is 0 Å². The minimum Gasteiger partial charge on any atom is -0.508 e. The van der Waals surface area contributed by atoms with Crippen LogP contribution in [0.3, 0.4) is 0 Å². The minimum absolute atomic E-state index is 0.0902. The van der Waals surface area contributed by atoms with Crippen molar-refractivity contribution in [3.63, 3.8) is 0 Å². The third kappa shape index (κ3) is 2.98. The predicted molar refractivity (Wildman–Crippen MR) is 98.2 cm³/mol. The molecular formula is C22H21NO2. The molecule has 1 aliphatic carbocycles. The Morgan fingerprint density at radius 3 is 2.52 bits per heavy atom. The van der Waals surface area contributed by atoms with Crippen LogP contribution in [0.1, 0.15) is 42.7 Å². The van der Waals surface area contributed by atoms with Crippen molar-refractivity contribution in [1.82, 2.24) is 5.32 Å². The molecule has 0 saturated carbocycles. The number of benzene rings is 2. The first-order valence-corrected chi connectivity index (χ1v) is 8.67. The maximum absolute atomic E-state index is 13.0. The number of carbonyl (C=O) groups is 1. The Bertz CT molecular complexity index is 880. The van der Waals surface area contributed by atoms with Crippen molar-refractivity contribution >= 4 is 5.78 Å². The van der Waals surface area contributed by atoms with E-state index in [1.165, 1.54) is 5.56 Å². The van der Waals surface area contributed by atoms with Crippen LogP contribution in [0.25, 0.3) is 0 Å². The molecule has 3 heteroatoms. The highest BCUT2D eigenvalue weighted by Gasteiger charge is 2.35. The molecule has 0 fully saturated rings. The molecule has 3 nitrogen and oxygen atoms in total. The molecule has 4 rings (SSSR count). The first-order chi connectivity index (χ1) is 12.1. The fourth-order valence-electron chi connectivity index (χ4n) is 3.97. The average Bonchev–Trinajstić information content (AvgIpc) is 2.61. The summed E-state index contributed by atoms with van der Waals surface area (Å²) >= 11 is 0. The van der Waals surface area contributed by atoms with Crippen molar-refractivity contribution in [1.29, 1.82) is 0 Å². The van der Waals surface area contributed by atoms with Gasteiger partial charge in [-0.25, -0.2) is 0 Å². The molecular weight excluding hydrogens is 310 g/mol. The third-order valence-corrected chi connectivity index (χ3v) is 5.08. The van der Waals surface area contributed by atoms with E-state index < -0.39 is 0 Å². The van der Waals surface area contributed by atoms with Crippen LogP contribution in [0.4, 0.5) is 0 Å².